The van der Waals surface area contributed by atoms with Crippen LogP contribution in [0.4, 0.5) is 13.2 Å². The van der Waals surface area contributed by atoms with Crippen LogP contribution in [0.1, 0.15) is 30.3 Å². The number of aliphatic hydroxyl groups is 1. The Labute approximate surface area is 135 Å². The zero-order valence-electron chi connectivity index (χ0n) is 12.5. The Bertz CT molecular complexity index is 681. The standard InChI is InChI=1S/C15H17F3N2O2S/c1-2-10(8-21)19-13(22)5-6-14-20-11-7-9(15(16,17)18)3-4-12(11)23-14/h3-4,7,10,21H,2,5-6,8H2,1H3,(H,19,22). The molecule has 1 atom stereocenters. The first-order valence-electron chi connectivity index (χ1n) is 7.20. The van der Waals surface area contributed by atoms with Crippen molar-refractivity contribution in [3.8, 4) is 0 Å². The molecule has 1 aromatic carbocycles. The third-order valence-corrected chi connectivity index (χ3v) is 4.50. The Morgan fingerprint density at radius 2 is 2.17 bits per heavy atom. The zero-order chi connectivity index (χ0) is 17.0. The van der Waals surface area contributed by atoms with Crippen LogP contribution in [0.3, 0.4) is 0 Å². The molecule has 1 unspecified atom stereocenters. The number of hydrogen-bond acceptors (Lipinski definition) is 4. The van der Waals surface area contributed by atoms with Crippen LogP contribution in [0.25, 0.3) is 10.2 Å². The Morgan fingerprint density at radius 3 is 2.78 bits per heavy atom. The summed E-state index contributed by atoms with van der Waals surface area (Å²) in [6.07, 6.45) is -3.22. The zero-order valence-corrected chi connectivity index (χ0v) is 13.3. The van der Waals surface area contributed by atoms with Gasteiger partial charge in [0.1, 0.15) is 0 Å². The molecule has 126 valence electrons. The topological polar surface area (TPSA) is 62.2 Å². The van der Waals surface area contributed by atoms with Crippen molar-refractivity contribution in [2.75, 3.05) is 6.61 Å². The molecule has 0 spiro atoms. The molecule has 0 aliphatic heterocycles. The number of nitrogens with zero attached hydrogens (tertiary/aromatic N) is 1. The molecule has 2 aromatic rings. The molecule has 0 aliphatic carbocycles. The van der Waals surface area contributed by atoms with Gasteiger partial charge in [0.15, 0.2) is 0 Å². The number of hydrogen-bond donors (Lipinski definition) is 2. The van der Waals surface area contributed by atoms with Crippen LogP contribution in [0, 0.1) is 0 Å². The van der Waals surface area contributed by atoms with Gasteiger partial charge in [-0.25, -0.2) is 4.98 Å². The molecule has 0 fully saturated rings. The number of aromatic nitrogens is 1. The molecular formula is C15H17F3N2O2S. The molecule has 23 heavy (non-hydrogen) atoms. The predicted molar refractivity (Wildman–Crippen MR) is 82.3 cm³/mol. The number of aryl methyl sites for hydroxylation is 1. The molecule has 0 aliphatic rings. The molecule has 2 N–H and O–H groups in total. The van der Waals surface area contributed by atoms with Gasteiger partial charge in [-0.1, -0.05) is 6.92 Å². The first-order chi connectivity index (χ1) is 10.8. The highest BCUT2D eigenvalue weighted by Crippen LogP contribution is 2.33. The van der Waals surface area contributed by atoms with Crippen LogP contribution in [-0.4, -0.2) is 28.6 Å². The molecule has 2 rings (SSSR count). The summed E-state index contributed by atoms with van der Waals surface area (Å²) in [6, 6.07) is 3.18. The van der Waals surface area contributed by atoms with E-state index in [1.165, 1.54) is 17.4 Å². The molecule has 0 radical (unpaired) electrons. The van der Waals surface area contributed by atoms with Gasteiger partial charge in [-0.2, -0.15) is 13.2 Å². The van der Waals surface area contributed by atoms with E-state index in [1.807, 2.05) is 6.92 Å². The van der Waals surface area contributed by atoms with Gasteiger partial charge >= 0.3 is 6.18 Å². The molecule has 1 aromatic heterocycles. The van der Waals surface area contributed by atoms with Crippen molar-refractivity contribution >= 4 is 27.5 Å². The van der Waals surface area contributed by atoms with E-state index >= 15 is 0 Å². The number of benzene rings is 1. The second-order valence-corrected chi connectivity index (χ2v) is 6.26. The van der Waals surface area contributed by atoms with Crippen LogP contribution in [-0.2, 0) is 17.4 Å². The van der Waals surface area contributed by atoms with Gasteiger partial charge in [0.05, 0.1) is 33.4 Å². The van der Waals surface area contributed by atoms with Gasteiger partial charge < -0.3 is 10.4 Å². The molecular weight excluding hydrogens is 329 g/mol. The highest BCUT2D eigenvalue weighted by molar-refractivity contribution is 7.18. The summed E-state index contributed by atoms with van der Waals surface area (Å²) in [5.41, 5.74) is -0.435. The van der Waals surface area contributed by atoms with E-state index in [4.69, 9.17) is 5.11 Å². The van der Waals surface area contributed by atoms with Gasteiger partial charge in [0.2, 0.25) is 5.91 Å². The smallest absolute Gasteiger partial charge is 0.394 e. The van der Waals surface area contributed by atoms with Gasteiger partial charge in [0, 0.05) is 12.8 Å². The van der Waals surface area contributed by atoms with Crippen LogP contribution < -0.4 is 5.32 Å². The first-order valence-corrected chi connectivity index (χ1v) is 8.02. The Hall–Kier alpha value is -1.67. The molecule has 8 heteroatoms. The third-order valence-electron chi connectivity index (χ3n) is 3.40. The molecule has 4 nitrogen and oxygen atoms in total. The number of carbonyl (C=O) groups is 1. The molecule has 0 saturated carbocycles. The number of nitrogens with one attached hydrogen (secondary N) is 1. The van der Waals surface area contributed by atoms with E-state index < -0.39 is 11.7 Å². The Morgan fingerprint density at radius 1 is 1.43 bits per heavy atom. The van der Waals surface area contributed by atoms with Crippen LogP contribution in [0.5, 0.6) is 0 Å². The maximum Gasteiger partial charge on any atom is 0.416 e. The minimum absolute atomic E-state index is 0.121. The van der Waals surface area contributed by atoms with Gasteiger partial charge in [-0.15, -0.1) is 11.3 Å². The fourth-order valence-electron chi connectivity index (χ4n) is 2.06. The van der Waals surface area contributed by atoms with Gasteiger partial charge in [-0.05, 0) is 24.6 Å². The quantitative estimate of drug-likeness (QED) is 0.845. The van der Waals surface area contributed by atoms with Crippen LogP contribution in [0.2, 0.25) is 0 Å². The lowest BCUT2D eigenvalue weighted by atomic mass is 10.2. The van der Waals surface area contributed by atoms with Crippen molar-refractivity contribution in [2.45, 2.75) is 38.4 Å². The van der Waals surface area contributed by atoms with Crippen molar-refractivity contribution in [2.24, 2.45) is 0 Å². The molecule has 0 saturated heterocycles. The number of fused-ring (bicyclic) bond motifs is 1. The minimum Gasteiger partial charge on any atom is -0.394 e. The van der Waals surface area contributed by atoms with E-state index in [2.05, 4.69) is 10.3 Å². The largest absolute Gasteiger partial charge is 0.416 e. The number of carbonyl (C=O) groups excluding carboxylic acids is 1. The third kappa shape index (κ3) is 4.65. The first kappa shape index (κ1) is 17.7. The van der Waals surface area contributed by atoms with Crippen molar-refractivity contribution in [3.05, 3.63) is 28.8 Å². The second kappa shape index (κ2) is 7.27. The highest BCUT2D eigenvalue weighted by atomic mass is 32.1. The summed E-state index contributed by atoms with van der Waals surface area (Å²) in [5.74, 6) is -0.207. The lowest BCUT2D eigenvalue weighted by molar-refractivity contribution is -0.137. The Balaban J connectivity index is 2.02. The lowest BCUT2D eigenvalue weighted by Gasteiger charge is -2.13. The number of aliphatic hydroxyl groups excluding tert-OH is 1. The van der Waals surface area contributed by atoms with Crippen molar-refractivity contribution in [1.82, 2.24) is 10.3 Å². The van der Waals surface area contributed by atoms with Crippen molar-refractivity contribution in [1.29, 1.82) is 0 Å². The summed E-state index contributed by atoms with van der Waals surface area (Å²) in [4.78, 5) is 15.9. The maximum absolute atomic E-state index is 12.7. The fourth-order valence-corrected chi connectivity index (χ4v) is 3.00. The SMILES string of the molecule is CCC(CO)NC(=O)CCc1nc2cc(C(F)(F)F)ccc2s1. The molecule has 1 heterocycles. The summed E-state index contributed by atoms with van der Waals surface area (Å²) in [5, 5.41) is 12.3. The average Bonchev–Trinajstić information content (AvgIpc) is 2.91. The normalized spacial score (nSPS) is 13.3. The van der Waals surface area contributed by atoms with Crippen LogP contribution in [0.15, 0.2) is 18.2 Å². The van der Waals surface area contributed by atoms with Crippen LogP contribution >= 0.6 is 11.3 Å². The number of alkyl halides is 3. The lowest BCUT2D eigenvalue weighted by Crippen LogP contribution is -2.36. The van der Waals surface area contributed by atoms with Gasteiger partial charge in [0.25, 0.3) is 0 Å². The monoisotopic (exact) mass is 346 g/mol. The summed E-state index contributed by atoms with van der Waals surface area (Å²) in [7, 11) is 0. The predicted octanol–water partition coefficient (Wildman–Crippen LogP) is 3.13. The summed E-state index contributed by atoms with van der Waals surface area (Å²) >= 11 is 1.28. The number of halogens is 3. The van der Waals surface area contributed by atoms with E-state index in [0.717, 1.165) is 12.1 Å². The molecule has 0 bridgehead atoms. The fraction of sp³-hybridized carbons (Fsp3) is 0.467. The number of amides is 1. The molecule has 1 amide bonds. The van der Waals surface area contributed by atoms with E-state index in [9.17, 15) is 18.0 Å². The van der Waals surface area contributed by atoms with E-state index in [0.29, 0.717) is 28.1 Å². The second-order valence-electron chi connectivity index (χ2n) is 5.14. The highest BCUT2D eigenvalue weighted by Gasteiger charge is 2.30. The average molecular weight is 346 g/mol. The van der Waals surface area contributed by atoms with Crippen molar-refractivity contribution < 1.29 is 23.1 Å². The minimum atomic E-state index is -4.39. The number of rotatable bonds is 6. The number of thiazole rings is 1. The Kier molecular flexibility index (Phi) is 5.59. The van der Waals surface area contributed by atoms with E-state index in [-0.39, 0.29) is 25.0 Å². The van der Waals surface area contributed by atoms with Gasteiger partial charge in [-0.3, -0.25) is 4.79 Å². The van der Waals surface area contributed by atoms with E-state index in [1.54, 1.807) is 0 Å². The summed E-state index contributed by atoms with van der Waals surface area (Å²) in [6.45, 7) is 1.73. The maximum atomic E-state index is 12.7. The van der Waals surface area contributed by atoms with Crippen molar-refractivity contribution in [3.63, 3.8) is 0 Å². The summed E-state index contributed by atoms with van der Waals surface area (Å²) < 4.78 is 38.7.